The Balaban J connectivity index is 2.46. The smallest absolute Gasteiger partial charge is 0.252 e. The first kappa shape index (κ1) is 13.7. The van der Waals surface area contributed by atoms with E-state index in [1.165, 1.54) is 11.3 Å². The van der Waals surface area contributed by atoms with E-state index in [0.29, 0.717) is 5.56 Å². The minimum absolute atomic E-state index is 0.128. The Morgan fingerprint density at radius 1 is 1.35 bits per heavy atom. The van der Waals surface area contributed by atoms with Gasteiger partial charge in [0.2, 0.25) is 5.91 Å². The molecule has 5 heteroatoms. The van der Waals surface area contributed by atoms with E-state index in [0.717, 1.165) is 6.42 Å². The van der Waals surface area contributed by atoms with Gasteiger partial charge in [-0.1, -0.05) is 6.92 Å². The lowest BCUT2D eigenvalue weighted by Gasteiger charge is -2.17. The molecule has 2 atom stereocenters. The summed E-state index contributed by atoms with van der Waals surface area (Å²) >= 11 is 1.46. The van der Waals surface area contributed by atoms with Gasteiger partial charge in [0.15, 0.2) is 0 Å². The quantitative estimate of drug-likeness (QED) is 0.841. The van der Waals surface area contributed by atoms with Crippen molar-refractivity contribution in [1.82, 2.24) is 10.6 Å². The van der Waals surface area contributed by atoms with E-state index in [1.807, 2.05) is 19.2 Å². The van der Waals surface area contributed by atoms with Gasteiger partial charge in [0, 0.05) is 11.4 Å². The van der Waals surface area contributed by atoms with Gasteiger partial charge in [0.25, 0.3) is 5.91 Å². The van der Waals surface area contributed by atoms with Crippen LogP contribution in [-0.4, -0.2) is 23.9 Å². The number of amides is 2. The van der Waals surface area contributed by atoms with E-state index in [-0.39, 0.29) is 17.9 Å². The average Bonchev–Trinajstić information content (AvgIpc) is 2.82. The molecule has 1 aromatic heterocycles. The van der Waals surface area contributed by atoms with Crippen molar-refractivity contribution in [2.24, 2.45) is 0 Å². The zero-order valence-corrected chi connectivity index (χ0v) is 11.1. The summed E-state index contributed by atoms with van der Waals surface area (Å²) in [6.45, 7) is 5.62. The molecule has 0 aliphatic heterocycles. The molecule has 0 saturated carbocycles. The molecule has 1 aromatic rings. The van der Waals surface area contributed by atoms with Gasteiger partial charge >= 0.3 is 0 Å². The molecule has 1 rings (SSSR count). The first-order valence-electron chi connectivity index (χ1n) is 5.68. The third-order valence-corrected chi connectivity index (χ3v) is 3.21. The molecule has 4 nitrogen and oxygen atoms in total. The van der Waals surface area contributed by atoms with Gasteiger partial charge in [-0.25, -0.2) is 0 Å². The summed E-state index contributed by atoms with van der Waals surface area (Å²) in [5.41, 5.74) is 0.596. The maximum Gasteiger partial charge on any atom is 0.252 e. The van der Waals surface area contributed by atoms with Crippen LogP contribution in [0.5, 0.6) is 0 Å². The van der Waals surface area contributed by atoms with Crippen LogP contribution >= 0.6 is 11.3 Å². The number of carbonyl (C=O) groups is 2. The fourth-order valence-corrected chi connectivity index (χ4v) is 1.85. The van der Waals surface area contributed by atoms with E-state index in [1.54, 1.807) is 18.4 Å². The van der Waals surface area contributed by atoms with E-state index >= 15 is 0 Å². The molecule has 0 saturated heterocycles. The van der Waals surface area contributed by atoms with Gasteiger partial charge < -0.3 is 10.6 Å². The van der Waals surface area contributed by atoms with Crippen LogP contribution in [0, 0.1) is 0 Å². The summed E-state index contributed by atoms with van der Waals surface area (Å²) in [6, 6.07) is 1.35. The lowest BCUT2D eigenvalue weighted by atomic mass is 10.2. The molecule has 0 unspecified atom stereocenters. The summed E-state index contributed by atoms with van der Waals surface area (Å²) in [7, 11) is 0. The standard InChI is InChI=1S/C12H18N2O2S/c1-4-8(2)13-11(15)9(3)14-12(16)10-5-6-17-7-10/h5-9H,4H2,1-3H3,(H,13,15)(H,14,16)/t8-,9+/m1/s1. The largest absolute Gasteiger partial charge is 0.352 e. The van der Waals surface area contributed by atoms with Crippen LogP contribution in [0.25, 0.3) is 0 Å². The minimum Gasteiger partial charge on any atom is -0.352 e. The summed E-state index contributed by atoms with van der Waals surface area (Å²) in [6.07, 6.45) is 0.872. The Kier molecular flexibility index (Phi) is 5.15. The number of thiophene rings is 1. The highest BCUT2D eigenvalue weighted by Crippen LogP contribution is 2.05. The van der Waals surface area contributed by atoms with E-state index in [4.69, 9.17) is 0 Å². The monoisotopic (exact) mass is 254 g/mol. The predicted molar refractivity (Wildman–Crippen MR) is 69.1 cm³/mol. The summed E-state index contributed by atoms with van der Waals surface area (Å²) in [4.78, 5) is 23.4. The van der Waals surface area contributed by atoms with Crippen molar-refractivity contribution in [2.45, 2.75) is 39.3 Å². The Morgan fingerprint density at radius 2 is 2.06 bits per heavy atom. The molecule has 0 radical (unpaired) electrons. The molecule has 1 heterocycles. The highest BCUT2D eigenvalue weighted by atomic mass is 32.1. The summed E-state index contributed by atoms with van der Waals surface area (Å²) in [5.74, 6) is -0.360. The fraction of sp³-hybridized carbons (Fsp3) is 0.500. The summed E-state index contributed by atoms with van der Waals surface area (Å²) < 4.78 is 0. The van der Waals surface area contributed by atoms with Crippen molar-refractivity contribution < 1.29 is 9.59 Å². The van der Waals surface area contributed by atoms with Gasteiger partial charge in [-0.3, -0.25) is 9.59 Å². The van der Waals surface area contributed by atoms with Crippen LogP contribution < -0.4 is 10.6 Å². The number of carbonyl (C=O) groups excluding carboxylic acids is 2. The molecule has 2 N–H and O–H groups in total. The Hall–Kier alpha value is -1.36. The van der Waals surface area contributed by atoms with Crippen LogP contribution in [0.2, 0.25) is 0 Å². The highest BCUT2D eigenvalue weighted by molar-refractivity contribution is 7.08. The molecule has 0 fully saturated rings. The molecular weight excluding hydrogens is 236 g/mol. The van der Waals surface area contributed by atoms with Gasteiger partial charge in [-0.2, -0.15) is 11.3 Å². The van der Waals surface area contributed by atoms with E-state index in [9.17, 15) is 9.59 Å². The van der Waals surface area contributed by atoms with Gasteiger partial charge in [-0.15, -0.1) is 0 Å². The Morgan fingerprint density at radius 3 is 2.59 bits per heavy atom. The first-order valence-corrected chi connectivity index (χ1v) is 6.62. The van der Waals surface area contributed by atoms with Crippen LogP contribution in [-0.2, 0) is 4.79 Å². The van der Waals surface area contributed by atoms with Crippen LogP contribution in [0.3, 0.4) is 0 Å². The maximum absolute atomic E-state index is 11.7. The molecule has 0 bridgehead atoms. The van der Waals surface area contributed by atoms with Gasteiger partial charge in [-0.05, 0) is 31.7 Å². The fourth-order valence-electron chi connectivity index (χ4n) is 1.21. The predicted octanol–water partition coefficient (Wildman–Crippen LogP) is 1.78. The van der Waals surface area contributed by atoms with Crippen molar-refractivity contribution in [3.63, 3.8) is 0 Å². The number of rotatable bonds is 5. The zero-order chi connectivity index (χ0) is 12.8. The number of hydrogen-bond acceptors (Lipinski definition) is 3. The van der Waals surface area contributed by atoms with Crippen LogP contribution in [0.15, 0.2) is 16.8 Å². The normalized spacial score (nSPS) is 13.8. The van der Waals surface area contributed by atoms with Crippen molar-refractivity contribution in [2.75, 3.05) is 0 Å². The molecule has 94 valence electrons. The third kappa shape index (κ3) is 4.19. The van der Waals surface area contributed by atoms with E-state index in [2.05, 4.69) is 10.6 Å². The number of nitrogens with one attached hydrogen (secondary N) is 2. The second-order valence-corrected chi connectivity index (χ2v) is 4.81. The number of hydrogen-bond donors (Lipinski definition) is 2. The molecule has 0 aromatic carbocycles. The van der Waals surface area contributed by atoms with Crippen molar-refractivity contribution in [3.05, 3.63) is 22.4 Å². The molecular formula is C12H18N2O2S. The van der Waals surface area contributed by atoms with Crippen molar-refractivity contribution in [1.29, 1.82) is 0 Å². The van der Waals surface area contributed by atoms with Crippen molar-refractivity contribution in [3.8, 4) is 0 Å². The van der Waals surface area contributed by atoms with Crippen LogP contribution in [0.4, 0.5) is 0 Å². The molecule has 0 aliphatic carbocycles. The molecule has 0 spiro atoms. The second kappa shape index (κ2) is 6.39. The topological polar surface area (TPSA) is 58.2 Å². The third-order valence-electron chi connectivity index (χ3n) is 2.53. The Bertz CT molecular complexity index is 376. The minimum atomic E-state index is -0.517. The average molecular weight is 254 g/mol. The highest BCUT2D eigenvalue weighted by Gasteiger charge is 2.17. The Labute approximate surface area is 105 Å². The zero-order valence-electron chi connectivity index (χ0n) is 10.3. The molecule has 17 heavy (non-hydrogen) atoms. The first-order chi connectivity index (χ1) is 8.04. The van der Waals surface area contributed by atoms with Crippen LogP contribution in [0.1, 0.15) is 37.6 Å². The van der Waals surface area contributed by atoms with E-state index < -0.39 is 6.04 Å². The summed E-state index contributed by atoms with van der Waals surface area (Å²) in [5, 5.41) is 9.09. The lowest BCUT2D eigenvalue weighted by molar-refractivity contribution is -0.123. The van der Waals surface area contributed by atoms with Gasteiger partial charge in [0.05, 0.1) is 5.56 Å². The van der Waals surface area contributed by atoms with Gasteiger partial charge in [0.1, 0.15) is 6.04 Å². The SMILES string of the molecule is CC[C@@H](C)NC(=O)[C@H](C)NC(=O)c1ccsc1. The lowest BCUT2D eigenvalue weighted by Crippen LogP contribution is -2.47. The molecule has 2 amide bonds. The van der Waals surface area contributed by atoms with Crippen molar-refractivity contribution >= 4 is 23.2 Å². The second-order valence-electron chi connectivity index (χ2n) is 4.03. The maximum atomic E-state index is 11.7. The molecule has 0 aliphatic rings.